The number of morpholine rings is 1. The van der Waals surface area contributed by atoms with Gasteiger partial charge in [0.15, 0.2) is 0 Å². The molecule has 0 aromatic carbocycles. The number of hydrogen-bond donors (Lipinski definition) is 2. The first-order chi connectivity index (χ1) is 8.18. The van der Waals surface area contributed by atoms with E-state index in [-0.39, 0.29) is 17.9 Å². The normalized spacial score (nSPS) is 35.5. The van der Waals surface area contributed by atoms with Gasteiger partial charge in [-0.1, -0.05) is 13.3 Å². The van der Waals surface area contributed by atoms with Crippen molar-refractivity contribution in [1.29, 1.82) is 0 Å². The van der Waals surface area contributed by atoms with Crippen molar-refractivity contribution in [3.05, 3.63) is 0 Å². The lowest BCUT2D eigenvalue weighted by molar-refractivity contribution is -0.134. The summed E-state index contributed by atoms with van der Waals surface area (Å²) in [6, 6.07) is 0.00444. The number of carbonyl (C=O) groups excluding carboxylic acids is 1. The van der Waals surface area contributed by atoms with Crippen molar-refractivity contribution in [2.45, 2.75) is 32.2 Å². The van der Waals surface area contributed by atoms with Gasteiger partial charge < -0.3 is 10.5 Å². The lowest BCUT2D eigenvalue weighted by Gasteiger charge is -2.35. The van der Waals surface area contributed by atoms with Crippen molar-refractivity contribution in [3.63, 3.8) is 0 Å². The second-order valence-electron chi connectivity index (χ2n) is 5.17. The zero-order chi connectivity index (χ0) is 12.3. The SMILES string of the molecule is CC1CCCC(C(=O)NN2CCOCC2)C1N. The van der Waals surface area contributed by atoms with Gasteiger partial charge in [-0.15, -0.1) is 0 Å². The molecule has 2 rings (SSSR count). The Labute approximate surface area is 103 Å². The smallest absolute Gasteiger partial charge is 0.238 e. The maximum atomic E-state index is 12.1. The lowest BCUT2D eigenvalue weighted by Crippen LogP contribution is -2.54. The molecule has 5 nitrogen and oxygen atoms in total. The molecule has 1 saturated heterocycles. The zero-order valence-corrected chi connectivity index (χ0v) is 10.5. The molecule has 98 valence electrons. The van der Waals surface area contributed by atoms with E-state index in [2.05, 4.69) is 12.3 Å². The highest BCUT2D eigenvalue weighted by atomic mass is 16.5. The maximum absolute atomic E-state index is 12.1. The number of hydrazine groups is 1. The van der Waals surface area contributed by atoms with Crippen molar-refractivity contribution in [2.24, 2.45) is 17.6 Å². The third-order valence-electron chi connectivity index (χ3n) is 3.91. The molecular formula is C12H23N3O2. The van der Waals surface area contributed by atoms with Crippen molar-refractivity contribution in [1.82, 2.24) is 10.4 Å². The quantitative estimate of drug-likeness (QED) is 0.720. The van der Waals surface area contributed by atoms with E-state index in [1.807, 2.05) is 5.01 Å². The lowest BCUT2D eigenvalue weighted by atomic mass is 9.78. The molecule has 1 heterocycles. The Morgan fingerprint density at radius 2 is 2.06 bits per heavy atom. The summed E-state index contributed by atoms with van der Waals surface area (Å²) in [4.78, 5) is 12.1. The molecule has 0 aromatic heterocycles. The standard InChI is InChI=1S/C12H23N3O2/c1-9-3-2-4-10(11(9)13)12(16)14-15-5-7-17-8-6-15/h9-11H,2-8,13H2,1H3,(H,14,16). The van der Waals surface area contributed by atoms with Crippen LogP contribution >= 0.6 is 0 Å². The number of hydrogen-bond acceptors (Lipinski definition) is 4. The first-order valence-electron chi connectivity index (χ1n) is 6.57. The fourth-order valence-electron chi connectivity index (χ4n) is 2.66. The molecule has 1 aliphatic heterocycles. The van der Waals surface area contributed by atoms with Crippen LogP contribution in [0.4, 0.5) is 0 Å². The first-order valence-corrected chi connectivity index (χ1v) is 6.57. The molecule has 2 aliphatic rings. The molecule has 3 unspecified atom stereocenters. The van der Waals surface area contributed by atoms with Gasteiger partial charge >= 0.3 is 0 Å². The van der Waals surface area contributed by atoms with Gasteiger partial charge in [0, 0.05) is 19.1 Å². The van der Waals surface area contributed by atoms with E-state index in [0.29, 0.717) is 19.1 Å². The largest absolute Gasteiger partial charge is 0.379 e. The summed E-state index contributed by atoms with van der Waals surface area (Å²) in [5, 5.41) is 1.94. The predicted molar refractivity (Wildman–Crippen MR) is 65.0 cm³/mol. The Bertz CT molecular complexity index is 266. The van der Waals surface area contributed by atoms with Crippen LogP contribution in [-0.4, -0.2) is 43.3 Å². The molecule has 1 saturated carbocycles. The van der Waals surface area contributed by atoms with E-state index in [1.165, 1.54) is 0 Å². The third-order valence-corrected chi connectivity index (χ3v) is 3.91. The molecule has 0 aromatic rings. The van der Waals surface area contributed by atoms with Gasteiger partial charge in [0.05, 0.1) is 19.1 Å². The van der Waals surface area contributed by atoms with Crippen LogP contribution in [-0.2, 0) is 9.53 Å². The fraction of sp³-hybridized carbons (Fsp3) is 0.917. The summed E-state index contributed by atoms with van der Waals surface area (Å²) >= 11 is 0. The van der Waals surface area contributed by atoms with E-state index in [9.17, 15) is 4.79 Å². The zero-order valence-electron chi connectivity index (χ0n) is 10.5. The van der Waals surface area contributed by atoms with Crippen LogP contribution in [0.15, 0.2) is 0 Å². The highest BCUT2D eigenvalue weighted by Crippen LogP contribution is 2.27. The van der Waals surface area contributed by atoms with Crippen LogP contribution in [0, 0.1) is 11.8 Å². The van der Waals surface area contributed by atoms with Crippen LogP contribution in [0.2, 0.25) is 0 Å². The minimum absolute atomic E-state index is 0.00444. The van der Waals surface area contributed by atoms with Crippen LogP contribution in [0.3, 0.4) is 0 Å². The second-order valence-corrected chi connectivity index (χ2v) is 5.17. The fourth-order valence-corrected chi connectivity index (χ4v) is 2.66. The monoisotopic (exact) mass is 241 g/mol. The van der Waals surface area contributed by atoms with Crippen molar-refractivity contribution in [2.75, 3.05) is 26.3 Å². The van der Waals surface area contributed by atoms with Gasteiger partial charge in [-0.25, -0.2) is 5.01 Å². The van der Waals surface area contributed by atoms with E-state index in [0.717, 1.165) is 32.4 Å². The summed E-state index contributed by atoms with van der Waals surface area (Å²) in [7, 11) is 0. The van der Waals surface area contributed by atoms with Crippen molar-refractivity contribution < 1.29 is 9.53 Å². The average molecular weight is 241 g/mol. The van der Waals surface area contributed by atoms with Crippen LogP contribution in [0.1, 0.15) is 26.2 Å². The summed E-state index contributed by atoms with van der Waals surface area (Å²) in [5.74, 6) is 0.511. The van der Waals surface area contributed by atoms with Gasteiger partial charge in [0.25, 0.3) is 0 Å². The number of nitrogens with zero attached hydrogens (tertiary/aromatic N) is 1. The van der Waals surface area contributed by atoms with Gasteiger partial charge in [0.2, 0.25) is 5.91 Å². The molecule has 1 aliphatic carbocycles. The van der Waals surface area contributed by atoms with E-state index < -0.39 is 0 Å². The Hall–Kier alpha value is -0.650. The third kappa shape index (κ3) is 3.18. The number of ether oxygens (including phenoxy) is 1. The molecule has 0 spiro atoms. The summed E-state index contributed by atoms with van der Waals surface area (Å²) < 4.78 is 5.25. The summed E-state index contributed by atoms with van der Waals surface area (Å²) in [6.45, 7) is 5.05. The van der Waals surface area contributed by atoms with E-state index in [1.54, 1.807) is 0 Å². The second kappa shape index (κ2) is 5.80. The molecule has 5 heteroatoms. The highest BCUT2D eigenvalue weighted by Gasteiger charge is 2.33. The van der Waals surface area contributed by atoms with Gasteiger partial charge in [-0.2, -0.15) is 0 Å². The molecule has 0 radical (unpaired) electrons. The molecule has 3 atom stereocenters. The topological polar surface area (TPSA) is 67.6 Å². The van der Waals surface area contributed by atoms with Crippen molar-refractivity contribution >= 4 is 5.91 Å². The summed E-state index contributed by atoms with van der Waals surface area (Å²) in [5.41, 5.74) is 9.10. The van der Waals surface area contributed by atoms with E-state index in [4.69, 9.17) is 10.5 Å². The Morgan fingerprint density at radius 1 is 1.35 bits per heavy atom. The Balaban J connectivity index is 1.85. The van der Waals surface area contributed by atoms with Gasteiger partial charge in [0.1, 0.15) is 0 Å². The highest BCUT2D eigenvalue weighted by molar-refractivity contribution is 5.79. The minimum Gasteiger partial charge on any atom is -0.379 e. The molecule has 17 heavy (non-hydrogen) atoms. The minimum atomic E-state index is -0.0263. The van der Waals surface area contributed by atoms with Crippen LogP contribution < -0.4 is 11.2 Å². The van der Waals surface area contributed by atoms with Crippen LogP contribution in [0.5, 0.6) is 0 Å². The molecule has 1 amide bonds. The number of amides is 1. The van der Waals surface area contributed by atoms with Crippen LogP contribution in [0.25, 0.3) is 0 Å². The van der Waals surface area contributed by atoms with Crippen molar-refractivity contribution in [3.8, 4) is 0 Å². The molecule has 3 N–H and O–H groups in total. The average Bonchev–Trinajstić information content (AvgIpc) is 2.34. The summed E-state index contributed by atoms with van der Waals surface area (Å²) in [6.07, 6.45) is 3.17. The predicted octanol–water partition coefficient (Wildman–Crippen LogP) is 0.113. The number of rotatable bonds is 2. The Morgan fingerprint density at radius 3 is 2.76 bits per heavy atom. The molecule has 2 fully saturated rings. The molecular weight excluding hydrogens is 218 g/mol. The molecule has 0 bridgehead atoms. The van der Waals surface area contributed by atoms with E-state index >= 15 is 0 Å². The number of nitrogens with two attached hydrogens (primary N) is 1. The van der Waals surface area contributed by atoms with Gasteiger partial charge in [-0.3, -0.25) is 10.2 Å². The number of nitrogens with one attached hydrogen (secondary N) is 1. The Kier molecular flexibility index (Phi) is 4.36. The number of carbonyl (C=O) groups is 1. The maximum Gasteiger partial charge on any atom is 0.238 e. The first kappa shape index (κ1) is 12.8. The van der Waals surface area contributed by atoms with Gasteiger partial charge in [-0.05, 0) is 18.8 Å².